The summed E-state index contributed by atoms with van der Waals surface area (Å²) in [4.78, 5) is 12.9. The Bertz CT molecular complexity index is 939. The van der Waals surface area contributed by atoms with Gasteiger partial charge in [0.1, 0.15) is 0 Å². The van der Waals surface area contributed by atoms with Crippen LogP contribution in [0.25, 0.3) is 5.57 Å². The summed E-state index contributed by atoms with van der Waals surface area (Å²) in [5.74, 6) is 0. The summed E-state index contributed by atoms with van der Waals surface area (Å²) in [7, 11) is -3.30. The topological polar surface area (TPSA) is 74.7 Å². The number of likely N-dealkylation sites (tertiary alicyclic amines) is 1. The van der Waals surface area contributed by atoms with Gasteiger partial charge in [0.15, 0.2) is 9.84 Å². The summed E-state index contributed by atoms with van der Waals surface area (Å²) in [5, 5.41) is 9.17. The Labute approximate surface area is 153 Å². The van der Waals surface area contributed by atoms with Gasteiger partial charge < -0.3 is 10.0 Å². The molecule has 0 unspecified atom stereocenters. The molecule has 1 amide bonds. The monoisotopic (exact) mass is 371 g/mol. The number of carboxylic acid groups (broad SMARTS) is 1. The molecule has 1 heterocycles. The van der Waals surface area contributed by atoms with Crippen LogP contribution in [-0.2, 0) is 9.84 Å². The van der Waals surface area contributed by atoms with Crippen molar-refractivity contribution >= 4 is 21.5 Å². The Morgan fingerprint density at radius 2 is 1.58 bits per heavy atom. The van der Waals surface area contributed by atoms with Gasteiger partial charge in [-0.3, -0.25) is 0 Å². The molecule has 0 saturated carbocycles. The Hall–Kier alpha value is -2.60. The van der Waals surface area contributed by atoms with Gasteiger partial charge in [-0.15, -0.1) is 0 Å². The molecule has 2 aromatic rings. The second kappa shape index (κ2) is 7.33. The maximum atomic E-state index is 12.0. The maximum Gasteiger partial charge on any atom is 0.407 e. The minimum Gasteiger partial charge on any atom is -0.465 e. The van der Waals surface area contributed by atoms with E-state index in [4.69, 9.17) is 5.11 Å². The molecule has 1 saturated heterocycles. The van der Waals surface area contributed by atoms with Crippen molar-refractivity contribution in [2.75, 3.05) is 19.3 Å². The van der Waals surface area contributed by atoms with Gasteiger partial charge in [0.05, 0.1) is 4.90 Å². The van der Waals surface area contributed by atoms with E-state index in [1.54, 1.807) is 18.2 Å². The van der Waals surface area contributed by atoms with E-state index in [0.717, 1.165) is 22.3 Å². The molecule has 1 aliphatic rings. The SMILES string of the molecule is CS(=O)(=O)c1cccc(C(=C2CCN(C(=O)O)CC2)c2ccccc2)c1. The van der Waals surface area contributed by atoms with Gasteiger partial charge in [-0.2, -0.15) is 0 Å². The van der Waals surface area contributed by atoms with Gasteiger partial charge in [-0.1, -0.05) is 48.0 Å². The highest BCUT2D eigenvalue weighted by Gasteiger charge is 2.22. The minimum absolute atomic E-state index is 0.284. The molecule has 6 heteroatoms. The number of piperidine rings is 1. The van der Waals surface area contributed by atoms with Crippen LogP contribution >= 0.6 is 0 Å². The molecule has 0 bridgehead atoms. The Kier molecular flexibility index (Phi) is 5.13. The summed E-state index contributed by atoms with van der Waals surface area (Å²) in [5.41, 5.74) is 4.01. The van der Waals surface area contributed by atoms with Gasteiger partial charge in [0.25, 0.3) is 0 Å². The summed E-state index contributed by atoms with van der Waals surface area (Å²) in [6.07, 6.45) is 1.58. The van der Waals surface area contributed by atoms with Crippen LogP contribution in [0.1, 0.15) is 24.0 Å². The predicted octanol–water partition coefficient (Wildman–Crippen LogP) is 3.67. The molecule has 5 nitrogen and oxygen atoms in total. The first-order chi connectivity index (χ1) is 12.4. The van der Waals surface area contributed by atoms with Crippen LogP contribution in [0.3, 0.4) is 0 Å². The van der Waals surface area contributed by atoms with Crippen LogP contribution < -0.4 is 0 Å². The molecule has 0 aliphatic carbocycles. The molecule has 136 valence electrons. The lowest BCUT2D eigenvalue weighted by Crippen LogP contribution is -2.35. The van der Waals surface area contributed by atoms with Crippen LogP contribution in [0.15, 0.2) is 65.1 Å². The predicted molar refractivity (Wildman–Crippen MR) is 101 cm³/mol. The van der Waals surface area contributed by atoms with E-state index in [1.807, 2.05) is 36.4 Å². The fraction of sp³-hybridized carbons (Fsp3) is 0.250. The van der Waals surface area contributed by atoms with E-state index in [2.05, 4.69) is 0 Å². The van der Waals surface area contributed by atoms with E-state index in [9.17, 15) is 13.2 Å². The Morgan fingerprint density at radius 1 is 0.962 bits per heavy atom. The lowest BCUT2D eigenvalue weighted by atomic mass is 9.88. The van der Waals surface area contributed by atoms with Crippen LogP contribution in [0, 0.1) is 0 Å². The zero-order valence-electron chi connectivity index (χ0n) is 14.6. The highest BCUT2D eigenvalue weighted by atomic mass is 32.2. The van der Waals surface area contributed by atoms with E-state index in [0.29, 0.717) is 25.9 Å². The highest BCUT2D eigenvalue weighted by molar-refractivity contribution is 7.90. The molecule has 3 rings (SSSR count). The summed E-state index contributed by atoms with van der Waals surface area (Å²) < 4.78 is 23.9. The van der Waals surface area contributed by atoms with Crippen molar-refractivity contribution in [1.29, 1.82) is 0 Å². The van der Waals surface area contributed by atoms with Crippen molar-refractivity contribution in [3.05, 3.63) is 71.3 Å². The highest BCUT2D eigenvalue weighted by Crippen LogP contribution is 2.33. The van der Waals surface area contributed by atoms with Crippen LogP contribution in [0.2, 0.25) is 0 Å². The number of nitrogens with zero attached hydrogens (tertiary/aromatic N) is 1. The van der Waals surface area contributed by atoms with Crippen LogP contribution in [-0.4, -0.2) is 43.9 Å². The number of rotatable bonds is 3. The third-order valence-corrected chi connectivity index (χ3v) is 5.71. The summed E-state index contributed by atoms with van der Waals surface area (Å²) in [6, 6.07) is 16.8. The fourth-order valence-corrected chi connectivity index (χ4v) is 3.95. The van der Waals surface area contributed by atoms with Crippen molar-refractivity contribution in [3.8, 4) is 0 Å². The molecule has 1 fully saturated rings. The fourth-order valence-electron chi connectivity index (χ4n) is 3.28. The zero-order chi connectivity index (χ0) is 18.7. The van der Waals surface area contributed by atoms with E-state index < -0.39 is 15.9 Å². The average Bonchev–Trinajstić information content (AvgIpc) is 2.63. The molecular formula is C20H21NO4S. The Morgan fingerprint density at radius 3 is 2.15 bits per heavy atom. The molecule has 0 spiro atoms. The van der Waals surface area contributed by atoms with Crippen molar-refractivity contribution in [3.63, 3.8) is 0 Å². The summed E-state index contributed by atoms with van der Waals surface area (Å²) in [6.45, 7) is 0.902. The minimum atomic E-state index is -3.30. The van der Waals surface area contributed by atoms with Crippen LogP contribution in [0.5, 0.6) is 0 Å². The molecule has 26 heavy (non-hydrogen) atoms. The van der Waals surface area contributed by atoms with Crippen molar-refractivity contribution in [2.45, 2.75) is 17.7 Å². The lowest BCUT2D eigenvalue weighted by molar-refractivity contribution is 0.142. The molecule has 0 atom stereocenters. The third kappa shape index (κ3) is 3.96. The molecule has 0 radical (unpaired) electrons. The number of hydrogen-bond donors (Lipinski definition) is 1. The normalized spacial score (nSPS) is 15.0. The first-order valence-electron chi connectivity index (χ1n) is 8.42. The molecule has 0 aromatic heterocycles. The second-order valence-corrected chi connectivity index (χ2v) is 8.43. The quantitative estimate of drug-likeness (QED) is 0.893. The lowest BCUT2D eigenvalue weighted by Gasteiger charge is -2.28. The number of amides is 1. The van der Waals surface area contributed by atoms with Gasteiger partial charge in [0.2, 0.25) is 0 Å². The molecule has 1 N–H and O–H groups in total. The van der Waals surface area contributed by atoms with E-state index in [1.165, 1.54) is 11.2 Å². The van der Waals surface area contributed by atoms with Crippen molar-refractivity contribution in [1.82, 2.24) is 4.90 Å². The average molecular weight is 371 g/mol. The largest absolute Gasteiger partial charge is 0.465 e. The van der Waals surface area contributed by atoms with Gasteiger partial charge >= 0.3 is 6.09 Å². The number of sulfone groups is 1. The van der Waals surface area contributed by atoms with E-state index in [-0.39, 0.29) is 4.90 Å². The molecule has 1 aliphatic heterocycles. The zero-order valence-corrected chi connectivity index (χ0v) is 15.4. The van der Waals surface area contributed by atoms with Crippen molar-refractivity contribution in [2.24, 2.45) is 0 Å². The summed E-state index contributed by atoms with van der Waals surface area (Å²) >= 11 is 0. The van der Waals surface area contributed by atoms with Crippen molar-refractivity contribution < 1.29 is 18.3 Å². The first kappa shape index (κ1) is 18.2. The molecular weight excluding hydrogens is 350 g/mol. The smallest absolute Gasteiger partial charge is 0.407 e. The Balaban J connectivity index is 2.09. The second-order valence-electron chi connectivity index (χ2n) is 6.41. The maximum absolute atomic E-state index is 12.0. The number of benzene rings is 2. The standard InChI is InChI=1S/C20H21NO4S/c1-26(24,25)18-9-5-8-17(14-18)19(15-6-3-2-4-7-15)16-10-12-21(13-11-16)20(22)23/h2-9,14H,10-13H2,1H3,(H,22,23). The third-order valence-electron chi connectivity index (χ3n) is 4.60. The van der Waals surface area contributed by atoms with Gasteiger partial charge in [-0.25, -0.2) is 13.2 Å². The van der Waals surface area contributed by atoms with E-state index >= 15 is 0 Å². The van der Waals surface area contributed by atoms with Gasteiger partial charge in [-0.05, 0) is 41.7 Å². The number of carbonyl (C=O) groups is 1. The van der Waals surface area contributed by atoms with Gasteiger partial charge in [0, 0.05) is 19.3 Å². The first-order valence-corrected chi connectivity index (χ1v) is 10.3. The van der Waals surface area contributed by atoms with Crippen LogP contribution in [0.4, 0.5) is 4.79 Å². The molecule has 2 aromatic carbocycles. The number of hydrogen-bond acceptors (Lipinski definition) is 3.